The summed E-state index contributed by atoms with van der Waals surface area (Å²) in [5.74, 6) is -0.529. The molecular weight excluding hydrogens is 385 g/mol. The zero-order valence-electron chi connectivity index (χ0n) is 15.7. The molecule has 1 amide bonds. The number of hydrogen-bond donors (Lipinski definition) is 0. The number of nitrogens with zero attached hydrogens (tertiary/aromatic N) is 4. The Morgan fingerprint density at radius 1 is 1.31 bits per heavy atom. The summed E-state index contributed by atoms with van der Waals surface area (Å²) in [7, 11) is 0. The zero-order valence-corrected chi connectivity index (χ0v) is 15.7. The molecule has 0 aliphatic carbocycles. The van der Waals surface area contributed by atoms with Gasteiger partial charge in [-0.2, -0.15) is 13.2 Å². The second-order valence-corrected chi connectivity index (χ2v) is 7.09. The van der Waals surface area contributed by atoms with Gasteiger partial charge in [-0.05, 0) is 37.5 Å². The van der Waals surface area contributed by atoms with Crippen LogP contribution in [0.2, 0.25) is 0 Å². The third kappa shape index (κ3) is 3.68. The molecule has 0 radical (unpaired) electrons. The van der Waals surface area contributed by atoms with E-state index >= 15 is 0 Å². The van der Waals surface area contributed by atoms with Crippen LogP contribution in [0.15, 0.2) is 35.1 Å². The maximum absolute atomic E-state index is 13.7. The van der Waals surface area contributed by atoms with Gasteiger partial charge in [-0.15, -0.1) is 0 Å². The lowest BCUT2D eigenvalue weighted by Gasteiger charge is -2.32. The van der Waals surface area contributed by atoms with E-state index in [0.717, 1.165) is 6.07 Å². The SMILES string of the molecule is CCc1cc(C(F)(F)F)c2c(C3CCCN(C(=O)c4ccncc4)C3)noc2n1. The molecular formula is C20H19F3N4O2. The molecule has 1 aliphatic rings. The predicted octanol–water partition coefficient (Wildman–Crippen LogP) is 4.22. The fraction of sp³-hybridized carbons (Fsp3) is 0.400. The molecule has 1 saturated heterocycles. The Kier molecular flexibility index (Phi) is 4.97. The maximum atomic E-state index is 13.7. The molecule has 0 bridgehead atoms. The highest BCUT2D eigenvalue weighted by Crippen LogP contribution is 2.40. The normalized spacial score (nSPS) is 17.7. The molecule has 3 aromatic heterocycles. The Morgan fingerprint density at radius 3 is 2.76 bits per heavy atom. The Balaban J connectivity index is 1.70. The summed E-state index contributed by atoms with van der Waals surface area (Å²) in [6.45, 7) is 2.54. The van der Waals surface area contributed by atoms with E-state index in [0.29, 0.717) is 37.1 Å². The number of rotatable bonds is 3. The van der Waals surface area contributed by atoms with Crippen molar-refractivity contribution in [3.63, 3.8) is 0 Å². The van der Waals surface area contributed by atoms with Crippen molar-refractivity contribution in [1.29, 1.82) is 0 Å². The van der Waals surface area contributed by atoms with Gasteiger partial charge in [0.25, 0.3) is 11.6 Å². The first-order valence-electron chi connectivity index (χ1n) is 9.44. The van der Waals surface area contributed by atoms with Gasteiger partial charge in [0.05, 0.1) is 16.6 Å². The smallest absolute Gasteiger partial charge is 0.338 e. The average Bonchev–Trinajstić information content (AvgIpc) is 3.16. The van der Waals surface area contributed by atoms with E-state index in [2.05, 4.69) is 15.1 Å². The molecule has 29 heavy (non-hydrogen) atoms. The van der Waals surface area contributed by atoms with Crippen molar-refractivity contribution in [1.82, 2.24) is 20.0 Å². The molecule has 0 N–H and O–H groups in total. The number of fused-ring (bicyclic) bond motifs is 1. The summed E-state index contributed by atoms with van der Waals surface area (Å²) in [5, 5.41) is 3.85. The van der Waals surface area contributed by atoms with Crippen molar-refractivity contribution in [2.75, 3.05) is 13.1 Å². The van der Waals surface area contributed by atoms with E-state index in [9.17, 15) is 18.0 Å². The Bertz CT molecular complexity index is 1030. The number of likely N-dealkylation sites (tertiary alicyclic amines) is 1. The van der Waals surface area contributed by atoms with Crippen molar-refractivity contribution in [3.8, 4) is 0 Å². The van der Waals surface area contributed by atoms with Crippen LogP contribution in [0.4, 0.5) is 13.2 Å². The van der Waals surface area contributed by atoms with E-state index in [1.165, 1.54) is 12.4 Å². The summed E-state index contributed by atoms with van der Waals surface area (Å²) in [6.07, 6.45) is 0.157. The summed E-state index contributed by atoms with van der Waals surface area (Å²) in [6, 6.07) is 4.30. The second-order valence-electron chi connectivity index (χ2n) is 7.09. The predicted molar refractivity (Wildman–Crippen MR) is 98.3 cm³/mol. The maximum Gasteiger partial charge on any atom is 0.417 e. The minimum atomic E-state index is -4.55. The fourth-order valence-corrected chi connectivity index (χ4v) is 3.77. The number of amides is 1. The molecule has 3 aromatic rings. The first-order valence-corrected chi connectivity index (χ1v) is 9.44. The highest BCUT2D eigenvalue weighted by Gasteiger charge is 2.38. The number of alkyl halides is 3. The van der Waals surface area contributed by atoms with Crippen molar-refractivity contribution in [2.24, 2.45) is 0 Å². The summed E-state index contributed by atoms with van der Waals surface area (Å²) in [4.78, 5) is 22.5. The molecule has 4 heterocycles. The van der Waals surface area contributed by atoms with Crippen LogP contribution in [-0.2, 0) is 12.6 Å². The van der Waals surface area contributed by atoms with Gasteiger partial charge >= 0.3 is 6.18 Å². The molecule has 4 rings (SSSR count). The molecule has 0 saturated carbocycles. The van der Waals surface area contributed by atoms with Crippen LogP contribution in [-0.4, -0.2) is 39.0 Å². The van der Waals surface area contributed by atoms with Crippen molar-refractivity contribution in [2.45, 2.75) is 38.3 Å². The third-order valence-corrected chi connectivity index (χ3v) is 5.22. The van der Waals surface area contributed by atoms with Crippen molar-refractivity contribution in [3.05, 3.63) is 53.1 Å². The fourth-order valence-electron chi connectivity index (χ4n) is 3.77. The summed E-state index contributed by atoms with van der Waals surface area (Å²) >= 11 is 0. The first kappa shape index (κ1) is 19.4. The zero-order chi connectivity index (χ0) is 20.6. The molecule has 1 aliphatic heterocycles. The van der Waals surface area contributed by atoms with Gasteiger partial charge < -0.3 is 9.42 Å². The molecule has 1 atom stereocenters. The molecule has 9 heteroatoms. The molecule has 6 nitrogen and oxygen atoms in total. The van der Waals surface area contributed by atoms with E-state index < -0.39 is 11.7 Å². The lowest BCUT2D eigenvalue weighted by molar-refractivity contribution is -0.136. The number of carbonyl (C=O) groups excluding carboxylic acids is 1. The van der Waals surface area contributed by atoms with Crippen LogP contribution in [0.25, 0.3) is 11.1 Å². The monoisotopic (exact) mass is 404 g/mol. The topological polar surface area (TPSA) is 72.1 Å². The summed E-state index contributed by atoms with van der Waals surface area (Å²) in [5.41, 5.74) is 0.119. The average molecular weight is 404 g/mol. The number of halogens is 3. The standard InChI is InChI=1S/C20H19F3N4O2/c1-2-14-10-15(20(21,22)23)16-17(26-29-18(16)25-14)13-4-3-9-27(11-13)19(28)12-5-7-24-8-6-12/h5-8,10,13H,2-4,9,11H2,1H3. The van der Waals surface area contributed by atoms with Crippen molar-refractivity contribution >= 4 is 17.0 Å². The highest BCUT2D eigenvalue weighted by atomic mass is 19.4. The number of piperidine rings is 1. The molecule has 0 aromatic carbocycles. The largest absolute Gasteiger partial charge is 0.417 e. The van der Waals surface area contributed by atoms with Crippen LogP contribution in [0.5, 0.6) is 0 Å². The van der Waals surface area contributed by atoms with E-state index in [1.54, 1.807) is 24.0 Å². The number of aryl methyl sites for hydroxylation is 1. The lowest BCUT2D eigenvalue weighted by Crippen LogP contribution is -2.39. The first-order chi connectivity index (χ1) is 13.9. The van der Waals surface area contributed by atoms with Crippen LogP contribution < -0.4 is 0 Å². The van der Waals surface area contributed by atoms with Crippen molar-refractivity contribution < 1.29 is 22.5 Å². The van der Waals surface area contributed by atoms with Gasteiger partial charge in [0.15, 0.2) is 0 Å². The van der Waals surface area contributed by atoms with E-state index in [4.69, 9.17) is 4.52 Å². The van der Waals surface area contributed by atoms with E-state index in [-0.39, 0.29) is 35.2 Å². The van der Waals surface area contributed by atoms with Gasteiger partial charge in [0, 0.05) is 42.7 Å². The number of hydrogen-bond acceptors (Lipinski definition) is 5. The van der Waals surface area contributed by atoms with Gasteiger partial charge in [0.1, 0.15) is 0 Å². The van der Waals surface area contributed by atoms with E-state index in [1.807, 2.05) is 0 Å². The minimum absolute atomic E-state index is 0.0992. The van der Waals surface area contributed by atoms with Gasteiger partial charge in [-0.3, -0.25) is 9.78 Å². The van der Waals surface area contributed by atoms with Gasteiger partial charge in [-0.25, -0.2) is 4.98 Å². The third-order valence-electron chi connectivity index (χ3n) is 5.22. The van der Waals surface area contributed by atoms with Crippen LogP contribution in [0.3, 0.4) is 0 Å². The van der Waals surface area contributed by atoms with Gasteiger partial charge in [-0.1, -0.05) is 12.1 Å². The quantitative estimate of drug-likeness (QED) is 0.654. The molecule has 1 unspecified atom stereocenters. The highest BCUT2D eigenvalue weighted by molar-refractivity contribution is 5.94. The Labute approximate surface area is 164 Å². The minimum Gasteiger partial charge on any atom is -0.338 e. The van der Waals surface area contributed by atoms with Crippen LogP contribution in [0, 0.1) is 0 Å². The molecule has 152 valence electrons. The Hall–Kier alpha value is -2.97. The Morgan fingerprint density at radius 2 is 2.07 bits per heavy atom. The molecule has 1 fully saturated rings. The van der Waals surface area contributed by atoms with Crippen LogP contribution in [0.1, 0.15) is 53.0 Å². The number of carbonyl (C=O) groups is 1. The number of pyridine rings is 2. The molecule has 0 spiro atoms. The van der Waals surface area contributed by atoms with Crippen LogP contribution >= 0.6 is 0 Å². The summed E-state index contributed by atoms with van der Waals surface area (Å²) < 4.78 is 46.3. The van der Waals surface area contributed by atoms with Gasteiger partial charge in [0.2, 0.25) is 0 Å². The number of aromatic nitrogens is 3. The second kappa shape index (κ2) is 7.46. The lowest BCUT2D eigenvalue weighted by atomic mass is 9.91.